The standard InChI is InChI=1S/C19H17NO5/c1-23-13-7-9-14(10-8-13)25-12-18(21)20-11-16(19(22)24-2)15-5-3-4-6-17(15)20/h3-11H,12H2,1-2H3. The number of esters is 1. The van der Waals surface area contributed by atoms with Crippen LogP contribution in [0.15, 0.2) is 54.7 Å². The van der Waals surface area contributed by atoms with Crippen LogP contribution >= 0.6 is 0 Å². The maximum absolute atomic E-state index is 12.5. The Morgan fingerprint density at radius 2 is 1.64 bits per heavy atom. The summed E-state index contributed by atoms with van der Waals surface area (Å²) in [5.74, 6) is 0.484. The van der Waals surface area contributed by atoms with Crippen molar-refractivity contribution in [3.63, 3.8) is 0 Å². The number of methoxy groups -OCH3 is 2. The number of benzene rings is 2. The molecule has 0 aliphatic carbocycles. The van der Waals surface area contributed by atoms with Gasteiger partial charge in [0.2, 0.25) is 0 Å². The summed E-state index contributed by atoms with van der Waals surface area (Å²) in [5.41, 5.74) is 0.974. The maximum atomic E-state index is 12.5. The number of para-hydroxylation sites is 1. The fraction of sp³-hybridized carbons (Fsp3) is 0.158. The van der Waals surface area contributed by atoms with Gasteiger partial charge in [0.05, 0.1) is 25.3 Å². The number of ether oxygens (including phenoxy) is 3. The Morgan fingerprint density at radius 1 is 0.960 bits per heavy atom. The molecule has 0 unspecified atom stereocenters. The minimum atomic E-state index is -0.487. The molecule has 1 aromatic heterocycles. The number of rotatable bonds is 5. The van der Waals surface area contributed by atoms with Crippen LogP contribution in [0.1, 0.15) is 15.2 Å². The van der Waals surface area contributed by atoms with Crippen molar-refractivity contribution in [3.8, 4) is 11.5 Å². The topological polar surface area (TPSA) is 66.8 Å². The number of hydrogen-bond acceptors (Lipinski definition) is 5. The van der Waals surface area contributed by atoms with E-state index in [1.807, 2.05) is 0 Å². The van der Waals surface area contributed by atoms with Crippen molar-refractivity contribution in [1.29, 1.82) is 0 Å². The van der Waals surface area contributed by atoms with Crippen LogP contribution in [0, 0.1) is 0 Å². The van der Waals surface area contributed by atoms with Gasteiger partial charge in [-0.3, -0.25) is 9.36 Å². The van der Waals surface area contributed by atoms with E-state index in [2.05, 4.69) is 0 Å². The summed E-state index contributed by atoms with van der Waals surface area (Å²) in [6.45, 7) is -0.161. The molecule has 0 saturated heterocycles. The van der Waals surface area contributed by atoms with E-state index in [0.29, 0.717) is 28.0 Å². The third kappa shape index (κ3) is 3.33. The normalized spacial score (nSPS) is 10.5. The van der Waals surface area contributed by atoms with Gasteiger partial charge >= 0.3 is 5.97 Å². The van der Waals surface area contributed by atoms with E-state index in [1.165, 1.54) is 17.9 Å². The number of hydrogen-bond donors (Lipinski definition) is 0. The predicted octanol–water partition coefficient (Wildman–Crippen LogP) is 3.16. The van der Waals surface area contributed by atoms with E-state index in [4.69, 9.17) is 14.2 Å². The van der Waals surface area contributed by atoms with Crippen LogP contribution in [0.25, 0.3) is 10.9 Å². The smallest absolute Gasteiger partial charge is 0.340 e. The lowest BCUT2D eigenvalue weighted by Crippen LogP contribution is -2.18. The summed E-state index contributed by atoms with van der Waals surface area (Å²) in [6.07, 6.45) is 1.48. The lowest BCUT2D eigenvalue weighted by atomic mass is 10.2. The third-order valence-electron chi connectivity index (χ3n) is 3.81. The monoisotopic (exact) mass is 339 g/mol. The fourth-order valence-corrected chi connectivity index (χ4v) is 2.55. The number of carbonyl (C=O) groups is 2. The first-order chi connectivity index (χ1) is 12.1. The van der Waals surface area contributed by atoms with Gasteiger partial charge in [-0.25, -0.2) is 4.79 Å². The highest BCUT2D eigenvalue weighted by atomic mass is 16.5. The first-order valence-corrected chi connectivity index (χ1v) is 7.62. The molecule has 6 heteroatoms. The van der Waals surface area contributed by atoms with E-state index in [-0.39, 0.29) is 12.5 Å². The van der Waals surface area contributed by atoms with Gasteiger partial charge in [0, 0.05) is 11.6 Å². The fourth-order valence-electron chi connectivity index (χ4n) is 2.55. The molecule has 6 nitrogen and oxygen atoms in total. The van der Waals surface area contributed by atoms with Gasteiger partial charge < -0.3 is 14.2 Å². The Balaban J connectivity index is 1.83. The highest BCUT2D eigenvalue weighted by Crippen LogP contribution is 2.22. The second-order valence-corrected chi connectivity index (χ2v) is 5.28. The zero-order valence-corrected chi connectivity index (χ0v) is 13.9. The minimum Gasteiger partial charge on any atom is -0.497 e. The highest BCUT2D eigenvalue weighted by Gasteiger charge is 2.18. The molecule has 0 saturated carbocycles. The second-order valence-electron chi connectivity index (χ2n) is 5.28. The SMILES string of the molecule is COC(=O)c1cn(C(=O)COc2ccc(OC)cc2)c2ccccc12. The maximum Gasteiger partial charge on any atom is 0.340 e. The zero-order chi connectivity index (χ0) is 17.8. The van der Waals surface area contributed by atoms with Crippen molar-refractivity contribution in [2.45, 2.75) is 0 Å². The molecule has 0 atom stereocenters. The Labute approximate surface area is 144 Å². The third-order valence-corrected chi connectivity index (χ3v) is 3.81. The van der Waals surface area contributed by atoms with Crippen LogP contribution in [0.5, 0.6) is 11.5 Å². The Morgan fingerprint density at radius 3 is 2.32 bits per heavy atom. The number of carbonyl (C=O) groups excluding carboxylic acids is 2. The van der Waals surface area contributed by atoms with Crippen molar-refractivity contribution in [3.05, 3.63) is 60.3 Å². The molecule has 0 spiro atoms. The first kappa shape index (κ1) is 16.6. The molecular weight excluding hydrogens is 322 g/mol. The van der Waals surface area contributed by atoms with E-state index >= 15 is 0 Å². The van der Waals surface area contributed by atoms with Crippen LogP contribution < -0.4 is 9.47 Å². The summed E-state index contributed by atoms with van der Waals surface area (Å²) >= 11 is 0. The first-order valence-electron chi connectivity index (χ1n) is 7.62. The van der Waals surface area contributed by atoms with Crippen LogP contribution in [0.2, 0.25) is 0 Å². The largest absolute Gasteiger partial charge is 0.497 e. The summed E-state index contributed by atoms with van der Waals surface area (Å²) in [4.78, 5) is 24.5. The van der Waals surface area contributed by atoms with Crippen molar-refractivity contribution in [1.82, 2.24) is 4.57 Å². The number of fused-ring (bicyclic) bond motifs is 1. The number of nitrogens with zero attached hydrogens (tertiary/aromatic N) is 1. The highest BCUT2D eigenvalue weighted by molar-refractivity contribution is 6.07. The Kier molecular flexibility index (Phi) is 4.70. The van der Waals surface area contributed by atoms with Crippen molar-refractivity contribution >= 4 is 22.8 Å². The second kappa shape index (κ2) is 7.09. The van der Waals surface area contributed by atoms with Crippen LogP contribution in [0.4, 0.5) is 0 Å². The van der Waals surface area contributed by atoms with E-state index in [9.17, 15) is 9.59 Å². The predicted molar refractivity (Wildman–Crippen MR) is 92.4 cm³/mol. The molecule has 0 bridgehead atoms. The molecule has 2 aromatic carbocycles. The molecule has 0 radical (unpaired) electrons. The lowest BCUT2D eigenvalue weighted by Gasteiger charge is -2.07. The average Bonchev–Trinajstić information content (AvgIpc) is 3.05. The van der Waals surface area contributed by atoms with E-state index in [1.54, 1.807) is 55.6 Å². The average molecular weight is 339 g/mol. The van der Waals surface area contributed by atoms with Crippen molar-refractivity contribution in [2.75, 3.05) is 20.8 Å². The van der Waals surface area contributed by atoms with Gasteiger partial charge in [0.1, 0.15) is 11.5 Å². The van der Waals surface area contributed by atoms with Crippen LogP contribution in [-0.4, -0.2) is 37.3 Å². The molecule has 0 fully saturated rings. The molecule has 0 amide bonds. The summed E-state index contributed by atoms with van der Waals surface area (Å²) < 4.78 is 16.8. The molecule has 25 heavy (non-hydrogen) atoms. The van der Waals surface area contributed by atoms with Gasteiger partial charge in [-0.15, -0.1) is 0 Å². The van der Waals surface area contributed by atoms with E-state index in [0.717, 1.165) is 0 Å². The van der Waals surface area contributed by atoms with E-state index < -0.39 is 5.97 Å². The zero-order valence-electron chi connectivity index (χ0n) is 13.9. The molecule has 3 aromatic rings. The van der Waals surface area contributed by atoms with Gasteiger partial charge in [0.25, 0.3) is 5.91 Å². The van der Waals surface area contributed by atoms with Crippen LogP contribution in [-0.2, 0) is 4.74 Å². The Hall–Kier alpha value is -3.28. The van der Waals surface area contributed by atoms with Gasteiger partial charge in [-0.2, -0.15) is 0 Å². The molecule has 0 aliphatic heterocycles. The summed E-state index contributed by atoms with van der Waals surface area (Å²) in [5, 5.41) is 0.659. The molecule has 0 aliphatic rings. The van der Waals surface area contributed by atoms with Gasteiger partial charge in [0.15, 0.2) is 6.61 Å². The number of aromatic nitrogens is 1. The van der Waals surface area contributed by atoms with Crippen molar-refractivity contribution in [2.24, 2.45) is 0 Å². The molecular formula is C19H17NO5. The minimum absolute atomic E-state index is 0.161. The van der Waals surface area contributed by atoms with Gasteiger partial charge in [-0.05, 0) is 30.3 Å². The Bertz CT molecular complexity index is 911. The summed E-state index contributed by atoms with van der Waals surface area (Å²) in [6, 6.07) is 14.1. The van der Waals surface area contributed by atoms with Crippen molar-refractivity contribution < 1.29 is 23.8 Å². The lowest BCUT2D eigenvalue weighted by molar-refractivity contribution is 0.0603. The molecule has 128 valence electrons. The molecule has 3 rings (SSSR count). The molecule has 1 heterocycles. The molecule has 0 N–H and O–H groups in total. The quantitative estimate of drug-likeness (QED) is 0.668. The summed E-state index contributed by atoms with van der Waals surface area (Å²) in [7, 11) is 2.89. The van der Waals surface area contributed by atoms with Gasteiger partial charge in [-0.1, -0.05) is 18.2 Å². The van der Waals surface area contributed by atoms with Crippen LogP contribution in [0.3, 0.4) is 0 Å².